The molecule has 39 heavy (non-hydrogen) atoms. The van der Waals surface area contributed by atoms with Crippen molar-refractivity contribution in [3.05, 3.63) is 58.1 Å². The molecule has 5 heteroatoms. The predicted octanol–water partition coefficient (Wildman–Crippen LogP) is 10.7. The summed E-state index contributed by atoms with van der Waals surface area (Å²) in [5.74, 6) is -0.767. The minimum atomic E-state index is -1.20. The van der Waals surface area contributed by atoms with Crippen LogP contribution >= 0.6 is 11.6 Å². The molecule has 0 aliphatic carbocycles. The number of halogens is 1. The first kappa shape index (κ1) is 33.0. The molecule has 218 valence electrons. The van der Waals surface area contributed by atoms with E-state index in [-0.39, 0.29) is 10.6 Å². The summed E-state index contributed by atoms with van der Waals surface area (Å²) in [5, 5.41) is 19.4. The molecule has 2 N–H and O–H groups in total. The maximum absolute atomic E-state index is 11.5. The molecule has 0 aliphatic rings. The van der Waals surface area contributed by atoms with Crippen LogP contribution in [0.3, 0.4) is 0 Å². The highest BCUT2D eigenvalue weighted by atomic mass is 35.5. The average Bonchev–Trinajstić information content (AvgIpc) is 2.91. The largest absolute Gasteiger partial charge is 0.505 e. The fraction of sp³-hybridized carbons (Fsp3) is 0.618. The van der Waals surface area contributed by atoms with Crippen molar-refractivity contribution in [2.24, 2.45) is 0 Å². The van der Waals surface area contributed by atoms with Crippen LogP contribution in [0.4, 0.5) is 0 Å². The van der Waals surface area contributed by atoms with E-state index in [0.717, 1.165) is 29.9 Å². The molecule has 0 bridgehead atoms. The van der Waals surface area contributed by atoms with Crippen LogP contribution in [0, 0.1) is 0 Å². The van der Waals surface area contributed by atoms with Crippen molar-refractivity contribution in [2.45, 2.75) is 129 Å². The lowest BCUT2D eigenvalue weighted by Crippen LogP contribution is -2.19. The number of rotatable bonds is 21. The Kier molecular flexibility index (Phi) is 15.4. The van der Waals surface area contributed by atoms with Crippen LogP contribution in [0.5, 0.6) is 11.5 Å². The van der Waals surface area contributed by atoms with Gasteiger partial charge < -0.3 is 14.9 Å². The van der Waals surface area contributed by atoms with E-state index in [9.17, 15) is 15.0 Å². The van der Waals surface area contributed by atoms with Gasteiger partial charge in [-0.1, -0.05) is 141 Å². The third kappa shape index (κ3) is 11.8. The van der Waals surface area contributed by atoms with Crippen molar-refractivity contribution in [3.8, 4) is 11.5 Å². The molecule has 0 amide bonds. The van der Waals surface area contributed by atoms with E-state index >= 15 is 0 Å². The number of benzene rings is 2. The smallest absolute Gasteiger partial charge is 0.339 e. The van der Waals surface area contributed by atoms with Crippen molar-refractivity contribution in [1.29, 1.82) is 0 Å². The molecule has 0 fully saturated rings. The first-order chi connectivity index (χ1) is 18.8. The van der Waals surface area contributed by atoms with Crippen LogP contribution in [-0.4, -0.2) is 22.8 Å². The molecule has 0 aliphatic heterocycles. The van der Waals surface area contributed by atoms with Crippen LogP contribution in [0.15, 0.2) is 36.4 Å². The molecular formula is C34H51ClO4. The van der Waals surface area contributed by atoms with Gasteiger partial charge in [-0.2, -0.15) is 0 Å². The quantitative estimate of drug-likeness (QED) is 0.149. The fourth-order valence-electron chi connectivity index (χ4n) is 5.10. The Morgan fingerprint density at radius 3 is 1.67 bits per heavy atom. The molecule has 0 saturated carbocycles. The molecule has 2 aromatic carbocycles. The Labute approximate surface area is 242 Å². The minimum absolute atomic E-state index is 0.0386. The Hall–Kier alpha value is -2.20. The molecule has 0 aromatic heterocycles. The van der Waals surface area contributed by atoms with Crippen molar-refractivity contribution >= 4 is 17.6 Å². The zero-order chi connectivity index (χ0) is 28.5. The molecule has 2 aromatic rings. The first-order valence-corrected chi connectivity index (χ1v) is 15.6. The number of aromatic hydroxyl groups is 1. The van der Waals surface area contributed by atoms with Gasteiger partial charge in [0.15, 0.2) is 0 Å². The zero-order valence-electron chi connectivity index (χ0n) is 24.6. The molecule has 0 spiro atoms. The van der Waals surface area contributed by atoms with Crippen LogP contribution < -0.4 is 4.74 Å². The Balaban J connectivity index is 1.58. The summed E-state index contributed by atoms with van der Waals surface area (Å²) in [6.45, 7) is 7.01. The van der Waals surface area contributed by atoms with Crippen molar-refractivity contribution in [2.75, 3.05) is 6.61 Å². The molecule has 4 nitrogen and oxygen atoms in total. The zero-order valence-corrected chi connectivity index (χ0v) is 25.3. The number of unbranched alkanes of at least 4 members (excludes halogenated alkanes) is 15. The Morgan fingerprint density at radius 2 is 1.21 bits per heavy atom. The molecule has 0 radical (unpaired) electrons. The predicted molar refractivity (Wildman–Crippen MR) is 164 cm³/mol. The number of ether oxygens (including phenoxy) is 1. The normalized spacial score (nSPS) is 11.6. The van der Waals surface area contributed by atoms with E-state index in [1.54, 1.807) is 6.07 Å². The summed E-state index contributed by atoms with van der Waals surface area (Å²) in [6, 6.07) is 11.1. The summed E-state index contributed by atoms with van der Waals surface area (Å²) < 4.78 is 5.95. The van der Waals surface area contributed by atoms with Gasteiger partial charge >= 0.3 is 5.97 Å². The third-order valence-corrected chi connectivity index (χ3v) is 8.15. The highest BCUT2D eigenvalue weighted by Gasteiger charge is 2.27. The van der Waals surface area contributed by atoms with E-state index < -0.39 is 17.1 Å². The highest BCUT2D eigenvalue weighted by molar-refractivity contribution is 6.32. The molecule has 0 atom stereocenters. The summed E-state index contributed by atoms with van der Waals surface area (Å²) >= 11 is 6.11. The van der Waals surface area contributed by atoms with Gasteiger partial charge in [0.1, 0.15) is 17.1 Å². The highest BCUT2D eigenvalue weighted by Crippen LogP contribution is 2.38. The maximum atomic E-state index is 11.5. The number of hydrogen-bond donors (Lipinski definition) is 2. The van der Waals surface area contributed by atoms with Crippen LogP contribution in [-0.2, 0) is 5.41 Å². The lowest BCUT2D eigenvalue weighted by Gasteiger charge is -2.27. The average molecular weight is 559 g/mol. The number of carbonyl (C=O) groups is 1. The van der Waals surface area contributed by atoms with Gasteiger partial charge in [-0.05, 0) is 41.8 Å². The topological polar surface area (TPSA) is 66.8 Å². The molecule has 0 heterocycles. The molecule has 0 unspecified atom stereocenters. The number of hydrogen-bond acceptors (Lipinski definition) is 3. The van der Waals surface area contributed by atoms with Crippen LogP contribution in [0.2, 0.25) is 5.02 Å². The lowest BCUT2D eigenvalue weighted by molar-refractivity contribution is 0.0693. The Bertz CT molecular complexity index is 968. The van der Waals surface area contributed by atoms with Gasteiger partial charge in [-0.3, -0.25) is 0 Å². The monoisotopic (exact) mass is 558 g/mol. The summed E-state index contributed by atoms with van der Waals surface area (Å²) in [6.07, 6.45) is 21.7. The summed E-state index contributed by atoms with van der Waals surface area (Å²) in [4.78, 5) is 11.5. The SMILES string of the molecule is CCCCCCCCCCCCCCCCCCOc1ccc(C(C)(C)c2cc(Cl)c(O)c(C(=O)O)c2)cc1. The second-order valence-electron chi connectivity index (χ2n) is 11.5. The van der Waals surface area contributed by atoms with E-state index in [2.05, 4.69) is 6.92 Å². The van der Waals surface area contributed by atoms with Crippen LogP contribution in [0.1, 0.15) is 145 Å². The van der Waals surface area contributed by atoms with E-state index in [1.165, 1.54) is 102 Å². The first-order valence-electron chi connectivity index (χ1n) is 15.3. The fourth-order valence-corrected chi connectivity index (χ4v) is 5.32. The number of carboxylic acids is 1. The van der Waals surface area contributed by atoms with Gasteiger partial charge in [0.05, 0.1) is 11.6 Å². The van der Waals surface area contributed by atoms with Gasteiger partial charge in [-0.15, -0.1) is 0 Å². The maximum Gasteiger partial charge on any atom is 0.339 e. The number of carboxylic acid groups (broad SMARTS) is 1. The van der Waals surface area contributed by atoms with Crippen LogP contribution in [0.25, 0.3) is 0 Å². The van der Waals surface area contributed by atoms with E-state index in [4.69, 9.17) is 16.3 Å². The standard InChI is InChI=1S/C34H51ClO4/c1-4-5-6-7-8-9-10-11-12-13-14-15-16-17-18-19-24-39-29-22-20-27(21-23-29)34(2,3)28-25-30(33(37)38)32(36)31(35)26-28/h20-23,25-26,36H,4-19,24H2,1-3H3,(H,37,38). The number of phenols is 1. The molecule has 2 rings (SSSR count). The molecular weight excluding hydrogens is 508 g/mol. The number of aromatic carboxylic acids is 1. The molecule has 0 saturated heterocycles. The van der Waals surface area contributed by atoms with E-state index in [1.807, 2.05) is 38.1 Å². The van der Waals surface area contributed by atoms with Crippen molar-refractivity contribution in [1.82, 2.24) is 0 Å². The van der Waals surface area contributed by atoms with Gasteiger partial charge in [-0.25, -0.2) is 4.79 Å². The van der Waals surface area contributed by atoms with Crippen molar-refractivity contribution < 1.29 is 19.7 Å². The minimum Gasteiger partial charge on any atom is -0.505 e. The third-order valence-electron chi connectivity index (χ3n) is 7.86. The van der Waals surface area contributed by atoms with Gasteiger partial charge in [0, 0.05) is 5.41 Å². The second kappa shape index (κ2) is 18.2. The Morgan fingerprint density at radius 1 is 0.744 bits per heavy atom. The van der Waals surface area contributed by atoms with Crippen molar-refractivity contribution in [3.63, 3.8) is 0 Å². The van der Waals surface area contributed by atoms with Gasteiger partial charge in [0.25, 0.3) is 0 Å². The summed E-state index contributed by atoms with van der Waals surface area (Å²) in [7, 11) is 0. The summed E-state index contributed by atoms with van der Waals surface area (Å²) in [5.41, 5.74) is 1.05. The van der Waals surface area contributed by atoms with Gasteiger partial charge in [0.2, 0.25) is 0 Å². The lowest BCUT2D eigenvalue weighted by atomic mass is 9.77. The second-order valence-corrected chi connectivity index (χ2v) is 11.9. The van der Waals surface area contributed by atoms with E-state index in [0.29, 0.717) is 0 Å².